The molecule has 1 fully saturated rings. The van der Waals surface area contributed by atoms with Gasteiger partial charge in [-0.25, -0.2) is 0 Å². The number of hydrogen-bond acceptors (Lipinski definition) is 4. The Morgan fingerprint density at radius 2 is 2.13 bits per heavy atom. The molecule has 0 radical (unpaired) electrons. The lowest BCUT2D eigenvalue weighted by molar-refractivity contribution is -0.115. The maximum absolute atomic E-state index is 12.6. The molecule has 1 amide bonds. The Labute approximate surface area is 136 Å². The zero-order chi connectivity index (χ0) is 15.7. The summed E-state index contributed by atoms with van der Waals surface area (Å²) in [7, 11) is 0. The number of hydrogen-bond donors (Lipinski definition) is 2. The van der Waals surface area contributed by atoms with Crippen LogP contribution in [0.15, 0.2) is 29.4 Å². The van der Waals surface area contributed by atoms with E-state index < -0.39 is 0 Å². The summed E-state index contributed by atoms with van der Waals surface area (Å²) < 4.78 is 0. The highest BCUT2D eigenvalue weighted by atomic mass is 16.7. The van der Waals surface area contributed by atoms with Gasteiger partial charge in [0.25, 0.3) is 5.91 Å². The zero-order valence-corrected chi connectivity index (χ0v) is 13.3. The summed E-state index contributed by atoms with van der Waals surface area (Å²) in [6.07, 6.45) is 5.67. The van der Waals surface area contributed by atoms with Gasteiger partial charge in [0.05, 0.1) is 6.04 Å². The second-order valence-electron chi connectivity index (χ2n) is 6.86. The lowest BCUT2D eigenvalue weighted by atomic mass is 9.86. The van der Waals surface area contributed by atoms with Crippen LogP contribution in [-0.2, 0) is 16.1 Å². The van der Waals surface area contributed by atoms with Gasteiger partial charge in [-0.15, -0.1) is 0 Å². The molecular formula is C18H23N3O2. The van der Waals surface area contributed by atoms with Crippen molar-refractivity contribution in [3.8, 4) is 0 Å². The van der Waals surface area contributed by atoms with Gasteiger partial charge in [0.2, 0.25) is 0 Å². The van der Waals surface area contributed by atoms with Crippen LogP contribution >= 0.6 is 0 Å². The highest BCUT2D eigenvalue weighted by Gasteiger charge is 2.42. The summed E-state index contributed by atoms with van der Waals surface area (Å²) in [5, 5.41) is 10.6. The largest absolute Gasteiger partial charge is 0.388 e. The van der Waals surface area contributed by atoms with Gasteiger partial charge in [-0.3, -0.25) is 4.79 Å². The maximum Gasteiger partial charge on any atom is 0.269 e. The number of benzene rings is 1. The fourth-order valence-corrected chi connectivity index (χ4v) is 3.94. The molecule has 1 atom stereocenters. The molecule has 2 aliphatic heterocycles. The first-order valence-corrected chi connectivity index (χ1v) is 8.60. The molecule has 122 valence electrons. The second-order valence-corrected chi connectivity index (χ2v) is 6.86. The molecule has 1 aliphatic carbocycles. The molecule has 0 bridgehead atoms. The van der Waals surface area contributed by atoms with Crippen molar-refractivity contribution in [1.82, 2.24) is 10.6 Å². The van der Waals surface area contributed by atoms with E-state index in [1.54, 1.807) is 0 Å². The van der Waals surface area contributed by atoms with Crippen LogP contribution in [0, 0.1) is 0 Å². The quantitative estimate of drug-likeness (QED) is 0.879. The van der Waals surface area contributed by atoms with Crippen LogP contribution in [0.2, 0.25) is 0 Å². The van der Waals surface area contributed by atoms with E-state index >= 15 is 0 Å². The van der Waals surface area contributed by atoms with E-state index in [0.29, 0.717) is 12.1 Å². The summed E-state index contributed by atoms with van der Waals surface area (Å²) in [6, 6.07) is 8.50. The Bertz CT molecular complexity index is 635. The standard InChI is InChI=1S/C18H23N3O2/c22-17(16-12-18(23-21-16)8-10-19-11-9-18)20-15-7-3-5-13-4-1-2-6-14(13)15/h1-2,4,6,15,19H,3,5,7-12H2,(H,20,22). The van der Waals surface area contributed by atoms with Gasteiger partial charge < -0.3 is 15.5 Å². The van der Waals surface area contributed by atoms with E-state index in [4.69, 9.17) is 4.84 Å². The van der Waals surface area contributed by atoms with Crippen molar-refractivity contribution in [2.24, 2.45) is 5.16 Å². The van der Waals surface area contributed by atoms with Gasteiger partial charge in [0.15, 0.2) is 0 Å². The summed E-state index contributed by atoms with van der Waals surface area (Å²) in [5.41, 5.74) is 2.91. The zero-order valence-electron chi connectivity index (χ0n) is 13.3. The molecule has 5 nitrogen and oxygen atoms in total. The van der Waals surface area contributed by atoms with Crippen LogP contribution in [0.3, 0.4) is 0 Å². The molecule has 1 aromatic rings. The number of carbonyl (C=O) groups excluding carboxylic acids is 1. The summed E-state index contributed by atoms with van der Waals surface area (Å²) >= 11 is 0. The third-order valence-electron chi connectivity index (χ3n) is 5.29. The number of nitrogens with one attached hydrogen (secondary N) is 2. The van der Waals surface area contributed by atoms with E-state index in [0.717, 1.165) is 45.2 Å². The molecule has 2 N–H and O–H groups in total. The summed E-state index contributed by atoms with van der Waals surface area (Å²) in [6.45, 7) is 1.86. The fraction of sp³-hybridized carbons (Fsp3) is 0.556. The summed E-state index contributed by atoms with van der Waals surface area (Å²) in [4.78, 5) is 18.3. The smallest absolute Gasteiger partial charge is 0.269 e. The van der Waals surface area contributed by atoms with Crippen molar-refractivity contribution in [2.75, 3.05) is 13.1 Å². The molecule has 2 heterocycles. The van der Waals surface area contributed by atoms with E-state index in [2.05, 4.69) is 34.0 Å². The molecule has 23 heavy (non-hydrogen) atoms. The number of amides is 1. The van der Waals surface area contributed by atoms with Crippen LogP contribution in [0.1, 0.15) is 49.3 Å². The lowest BCUT2D eigenvalue weighted by Gasteiger charge is -2.31. The Balaban J connectivity index is 1.43. The number of rotatable bonds is 2. The van der Waals surface area contributed by atoms with Gasteiger partial charge in [-0.05, 0) is 43.5 Å². The average Bonchev–Trinajstić information content (AvgIpc) is 2.99. The topological polar surface area (TPSA) is 62.7 Å². The first-order chi connectivity index (χ1) is 11.3. The van der Waals surface area contributed by atoms with Crippen molar-refractivity contribution >= 4 is 11.6 Å². The highest BCUT2D eigenvalue weighted by molar-refractivity contribution is 6.39. The van der Waals surface area contributed by atoms with Crippen LogP contribution in [0.25, 0.3) is 0 Å². The SMILES string of the molecule is O=C(NC1CCCc2ccccc21)C1=NOC2(CCNCC2)C1. The van der Waals surface area contributed by atoms with E-state index in [1.165, 1.54) is 11.1 Å². The van der Waals surface area contributed by atoms with E-state index in [1.807, 2.05) is 6.07 Å². The minimum atomic E-state index is -0.248. The monoisotopic (exact) mass is 313 g/mol. The van der Waals surface area contributed by atoms with Crippen LogP contribution in [0.5, 0.6) is 0 Å². The van der Waals surface area contributed by atoms with Crippen molar-refractivity contribution in [1.29, 1.82) is 0 Å². The minimum Gasteiger partial charge on any atom is -0.388 e. The highest BCUT2D eigenvalue weighted by Crippen LogP contribution is 2.33. The number of aryl methyl sites for hydroxylation is 1. The Morgan fingerprint density at radius 3 is 3.00 bits per heavy atom. The molecule has 1 spiro atoms. The predicted octanol–water partition coefficient (Wildman–Crippen LogP) is 2.08. The fourth-order valence-electron chi connectivity index (χ4n) is 3.94. The van der Waals surface area contributed by atoms with Gasteiger partial charge in [0.1, 0.15) is 11.3 Å². The first kappa shape index (κ1) is 14.7. The van der Waals surface area contributed by atoms with Crippen molar-refractivity contribution in [2.45, 2.75) is 50.2 Å². The predicted molar refractivity (Wildman–Crippen MR) is 88.2 cm³/mol. The third kappa shape index (κ3) is 2.85. The molecule has 5 heteroatoms. The molecule has 0 saturated carbocycles. The second kappa shape index (κ2) is 5.96. The lowest BCUT2D eigenvalue weighted by Crippen LogP contribution is -2.43. The first-order valence-electron chi connectivity index (χ1n) is 8.60. The minimum absolute atomic E-state index is 0.0675. The average molecular weight is 313 g/mol. The van der Waals surface area contributed by atoms with Crippen LogP contribution in [0.4, 0.5) is 0 Å². The molecule has 1 saturated heterocycles. The van der Waals surface area contributed by atoms with Crippen molar-refractivity contribution in [3.05, 3.63) is 35.4 Å². The van der Waals surface area contributed by atoms with Gasteiger partial charge in [-0.2, -0.15) is 0 Å². The number of nitrogens with zero attached hydrogens (tertiary/aromatic N) is 1. The Hall–Kier alpha value is -1.88. The molecule has 0 aromatic heterocycles. The van der Waals surface area contributed by atoms with Crippen LogP contribution < -0.4 is 10.6 Å². The Morgan fingerprint density at radius 1 is 1.30 bits per heavy atom. The maximum atomic E-state index is 12.6. The van der Waals surface area contributed by atoms with E-state index in [-0.39, 0.29) is 17.6 Å². The number of fused-ring (bicyclic) bond motifs is 1. The Kier molecular flexibility index (Phi) is 3.81. The van der Waals surface area contributed by atoms with Gasteiger partial charge >= 0.3 is 0 Å². The third-order valence-corrected chi connectivity index (χ3v) is 5.29. The normalized spacial score (nSPS) is 25.4. The molecular weight excluding hydrogens is 290 g/mol. The molecule has 4 rings (SSSR count). The van der Waals surface area contributed by atoms with Crippen molar-refractivity contribution < 1.29 is 9.63 Å². The van der Waals surface area contributed by atoms with Gasteiger partial charge in [0, 0.05) is 19.3 Å². The number of carbonyl (C=O) groups is 1. The molecule has 3 aliphatic rings. The van der Waals surface area contributed by atoms with Gasteiger partial charge in [-0.1, -0.05) is 29.4 Å². The molecule has 1 unspecified atom stereocenters. The molecule has 1 aromatic carbocycles. The number of oxime groups is 1. The van der Waals surface area contributed by atoms with Crippen molar-refractivity contribution in [3.63, 3.8) is 0 Å². The summed E-state index contributed by atoms with van der Waals surface area (Å²) in [5.74, 6) is -0.0675. The van der Waals surface area contributed by atoms with E-state index in [9.17, 15) is 4.79 Å². The number of piperidine rings is 1. The van der Waals surface area contributed by atoms with Crippen LogP contribution in [-0.4, -0.2) is 30.3 Å².